The molecule has 11 heavy (non-hydrogen) atoms. The van der Waals surface area contributed by atoms with Gasteiger partial charge in [0.25, 0.3) is 0 Å². The summed E-state index contributed by atoms with van der Waals surface area (Å²) in [5.41, 5.74) is -3.06. The van der Waals surface area contributed by atoms with Crippen LogP contribution in [0.15, 0.2) is 0 Å². The summed E-state index contributed by atoms with van der Waals surface area (Å²) in [7, 11) is 10.7. The molecule has 4 radical (unpaired) electrons. The molecule has 3 nitrogen and oxygen atoms in total. The molecule has 0 aromatic rings. The monoisotopic (exact) mass is 151 g/mol. The quantitative estimate of drug-likeness (QED) is 0.380. The summed E-state index contributed by atoms with van der Waals surface area (Å²) >= 11 is 0. The fraction of sp³-hybridized carbons (Fsp3) is 1.00. The molecular formula is C6H11B2NO2. The predicted octanol–water partition coefficient (Wildman–Crippen LogP) is -1.22. The molecule has 0 aromatic carbocycles. The van der Waals surface area contributed by atoms with Gasteiger partial charge < -0.3 is 10.2 Å². The van der Waals surface area contributed by atoms with Crippen molar-refractivity contribution < 1.29 is 10.2 Å². The van der Waals surface area contributed by atoms with E-state index in [1.165, 1.54) is 0 Å². The van der Waals surface area contributed by atoms with Crippen molar-refractivity contribution in [1.29, 1.82) is 0 Å². The summed E-state index contributed by atoms with van der Waals surface area (Å²) in [4.78, 5) is 0. The van der Waals surface area contributed by atoms with Gasteiger partial charge in [0.1, 0.15) is 15.7 Å². The van der Waals surface area contributed by atoms with E-state index < -0.39 is 11.2 Å². The highest BCUT2D eigenvalue weighted by Gasteiger charge is 2.31. The maximum absolute atomic E-state index is 9.32. The zero-order chi connectivity index (χ0) is 8.54. The van der Waals surface area contributed by atoms with Crippen molar-refractivity contribution >= 4 is 15.7 Å². The summed E-state index contributed by atoms with van der Waals surface area (Å²) in [5, 5.41) is 21.0. The fourth-order valence-corrected chi connectivity index (χ4v) is 1.29. The van der Waals surface area contributed by atoms with Gasteiger partial charge in [-0.05, 0) is 25.7 Å². The van der Waals surface area contributed by atoms with E-state index in [0.717, 1.165) is 12.8 Å². The van der Waals surface area contributed by atoms with Gasteiger partial charge in [0.2, 0.25) is 0 Å². The van der Waals surface area contributed by atoms with Crippen LogP contribution in [0.1, 0.15) is 25.7 Å². The molecule has 2 atom stereocenters. The first-order valence-electron chi connectivity index (χ1n) is 3.73. The Kier molecular flexibility index (Phi) is 2.32. The van der Waals surface area contributed by atoms with Crippen LogP contribution < -0.4 is 5.32 Å². The van der Waals surface area contributed by atoms with Gasteiger partial charge in [-0.3, -0.25) is 5.32 Å². The van der Waals surface area contributed by atoms with Crippen LogP contribution in [0.3, 0.4) is 0 Å². The third kappa shape index (κ3) is 2.85. The summed E-state index contributed by atoms with van der Waals surface area (Å²) in [6, 6.07) is 0. The lowest BCUT2D eigenvalue weighted by Gasteiger charge is -2.32. The van der Waals surface area contributed by atoms with Crippen LogP contribution in [0.4, 0.5) is 0 Å². The zero-order valence-electron chi connectivity index (χ0n) is 6.38. The van der Waals surface area contributed by atoms with Gasteiger partial charge >= 0.3 is 0 Å². The molecule has 0 bridgehead atoms. The van der Waals surface area contributed by atoms with Crippen molar-refractivity contribution in [3.05, 3.63) is 0 Å². The molecule has 1 rings (SSSR count). The van der Waals surface area contributed by atoms with E-state index in [-0.39, 0.29) is 0 Å². The Balaban J connectivity index is 2.62. The van der Waals surface area contributed by atoms with Gasteiger partial charge in [0.05, 0.1) is 11.2 Å². The average Bonchev–Trinajstić information content (AvgIpc) is 1.86. The predicted molar refractivity (Wildman–Crippen MR) is 43.0 cm³/mol. The van der Waals surface area contributed by atoms with Crippen LogP contribution in [0.5, 0.6) is 0 Å². The molecule has 1 aliphatic rings. The normalized spacial score (nSPS) is 46.7. The van der Waals surface area contributed by atoms with E-state index in [2.05, 4.69) is 5.32 Å². The summed E-state index contributed by atoms with van der Waals surface area (Å²) in [5.74, 6) is 0. The van der Waals surface area contributed by atoms with Crippen LogP contribution in [-0.2, 0) is 0 Å². The summed E-state index contributed by atoms with van der Waals surface area (Å²) in [6.45, 7) is 0. The van der Waals surface area contributed by atoms with Gasteiger partial charge in [-0.25, -0.2) is 0 Å². The molecule has 1 heterocycles. The molecule has 1 fully saturated rings. The maximum atomic E-state index is 9.32. The Labute approximate surface area is 69.0 Å². The largest absolute Gasteiger partial charge is 0.385 e. The number of rotatable bonds is 0. The fourth-order valence-electron chi connectivity index (χ4n) is 1.29. The highest BCUT2D eigenvalue weighted by molar-refractivity contribution is 6.17. The highest BCUT2D eigenvalue weighted by Crippen LogP contribution is 2.20. The van der Waals surface area contributed by atoms with Gasteiger partial charge in [0, 0.05) is 0 Å². The Morgan fingerprint density at radius 3 is 1.73 bits per heavy atom. The first-order valence-corrected chi connectivity index (χ1v) is 3.73. The second kappa shape index (κ2) is 2.81. The van der Waals surface area contributed by atoms with Crippen LogP contribution >= 0.6 is 0 Å². The second-order valence-electron chi connectivity index (χ2n) is 3.18. The highest BCUT2D eigenvalue weighted by atomic mass is 16.3. The second-order valence-corrected chi connectivity index (χ2v) is 3.18. The Morgan fingerprint density at radius 1 is 1.00 bits per heavy atom. The van der Waals surface area contributed by atoms with Crippen molar-refractivity contribution in [1.82, 2.24) is 5.32 Å². The molecule has 5 heteroatoms. The van der Waals surface area contributed by atoms with Crippen molar-refractivity contribution in [2.75, 3.05) is 0 Å². The SMILES string of the molecule is [B]C1(O)CCCCC([B])(O)N1. The average molecular weight is 151 g/mol. The van der Waals surface area contributed by atoms with Crippen LogP contribution in [0, 0.1) is 0 Å². The molecule has 0 amide bonds. The minimum absolute atomic E-state index is 0.409. The standard InChI is InChI=1S/C6H11B2NO2/c7-5(10)3-1-2-4-6(8,11)9-5/h9-11H,1-4H2. The summed E-state index contributed by atoms with van der Waals surface area (Å²) < 4.78 is 0. The van der Waals surface area contributed by atoms with Gasteiger partial charge in [0.15, 0.2) is 0 Å². The van der Waals surface area contributed by atoms with Gasteiger partial charge in [-0.1, -0.05) is 0 Å². The van der Waals surface area contributed by atoms with Crippen molar-refractivity contribution in [2.24, 2.45) is 0 Å². The minimum Gasteiger partial charge on any atom is -0.385 e. The lowest BCUT2D eigenvalue weighted by molar-refractivity contribution is -0.00731. The molecule has 1 aliphatic heterocycles. The molecule has 1 saturated heterocycles. The molecule has 0 aromatic heterocycles. The zero-order valence-corrected chi connectivity index (χ0v) is 6.38. The van der Waals surface area contributed by atoms with Crippen LogP contribution in [0.2, 0.25) is 0 Å². The van der Waals surface area contributed by atoms with Crippen molar-refractivity contribution in [3.8, 4) is 0 Å². The Morgan fingerprint density at radius 2 is 1.36 bits per heavy atom. The smallest absolute Gasteiger partial charge is 0.135 e. The number of hydrogen-bond donors (Lipinski definition) is 3. The Bertz CT molecular complexity index is 134. The molecule has 0 aliphatic carbocycles. The van der Waals surface area contributed by atoms with Crippen molar-refractivity contribution in [2.45, 2.75) is 36.9 Å². The maximum Gasteiger partial charge on any atom is 0.135 e. The first-order chi connectivity index (χ1) is 4.91. The lowest BCUT2D eigenvalue weighted by atomic mass is 9.83. The number of aliphatic hydroxyl groups is 2. The van der Waals surface area contributed by atoms with E-state index in [1.807, 2.05) is 0 Å². The topological polar surface area (TPSA) is 52.5 Å². The molecular weight excluding hydrogens is 140 g/mol. The number of nitrogens with one attached hydrogen (secondary N) is 1. The molecule has 58 valence electrons. The Hall–Kier alpha value is 0.00987. The number of hydrogen-bond acceptors (Lipinski definition) is 3. The van der Waals surface area contributed by atoms with E-state index in [0.29, 0.717) is 12.8 Å². The third-order valence-electron chi connectivity index (χ3n) is 1.80. The van der Waals surface area contributed by atoms with E-state index >= 15 is 0 Å². The van der Waals surface area contributed by atoms with Crippen molar-refractivity contribution in [3.63, 3.8) is 0 Å². The molecule has 3 N–H and O–H groups in total. The van der Waals surface area contributed by atoms with Gasteiger partial charge in [-0.15, -0.1) is 0 Å². The minimum atomic E-state index is -1.53. The molecule has 0 saturated carbocycles. The molecule has 2 unspecified atom stereocenters. The van der Waals surface area contributed by atoms with Gasteiger partial charge in [-0.2, -0.15) is 0 Å². The third-order valence-corrected chi connectivity index (χ3v) is 1.80. The first kappa shape index (κ1) is 9.10. The molecule has 0 spiro atoms. The van der Waals surface area contributed by atoms with E-state index in [9.17, 15) is 10.2 Å². The summed E-state index contributed by atoms with van der Waals surface area (Å²) in [6.07, 6.45) is 2.35. The van der Waals surface area contributed by atoms with Crippen LogP contribution in [0.25, 0.3) is 0 Å². The van der Waals surface area contributed by atoms with Crippen LogP contribution in [-0.4, -0.2) is 37.2 Å². The van der Waals surface area contributed by atoms with E-state index in [1.54, 1.807) is 0 Å². The van der Waals surface area contributed by atoms with E-state index in [4.69, 9.17) is 15.7 Å². The lowest BCUT2D eigenvalue weighted by Crippen LogP contribution is -2.57.